The SMILES string of the molecule is CCCCC(C)NCC(O)C(Cc1ccccc1)NC(=O)c1cc(NCC)cc(N2CCCCS2(O)O)c1. The number of rotatable bonds is 14. The van der Waals surface area contributed by atoms with E-state index in [0.29, 0.717) is 43.1 Å². The zero-order valence-electron chi connectivity index (χ0n) is 23.0. The number of anilines is 2. The summed E-state index contributed by atoms with van der Waals surface area (Å²) in [6, 6.07) is 15.0. The lowest BCUT2D eigenvalue weighted by Gasteiger charge is -2.47. The molecular formula is C29H46N4O4S. The van der Waals surface area contributed by atoms with Gasteiger partial charge in [0.2, 0.25) is 0 Å². The van der Waals surface area contributed by atoms with Crippen molar-refractivity contribution in [2.45, 2.75) is 77.5 Å². The van der Waals surface area contributed by atoms with Gasteiger partial charge in [-0.3, -0.25) is 18.2 Å². The molecule has 3 unspecified atom stereocenters. The molecule has 3 atom stereocenters. The predicted molar refractivity (Wildman–Crippen MR) is 159 cm³/mol. The molecule has 6 N–H and O–H groups in total. The Morgan fingerprint density at radius 3 is 2.55 bits per heavy atom. The van der Waals surface area contributed by atoms with Crippen molar-refractivity contribution in [1.82, 2.24) is 10.6 Å². The van der Waals surface area contributed by atoms with Crippen molar-refractivity contribution in [2.24, 2.45) is 0 Å². The minimum Gasteiger partial charge on any atom is -0.390 e. The van der Waals surface area contributed by atoms with Gasteiger partial charge in [-0.05, 0) is 63.3 Å². The van der Waals surface area contributed by atoms with Gasteiger partial charge in [-0.25, -0.2) is 0 Å². The Kier molecular flexibility index (Phi) is 11.7. The summed E-state index contributed by atoms with van der Waals surface area (Å²) < 4.78 is 23.0. The quantitative estimate of drug-likeness (QED) is 0.192. The zero-order valence-corrected chi connectivity index (χ0v) is 23.8. The van der Waals surface area contributed by atoms with Crippen molar-refractivity contribution >= 4 is 28.1 Å². The summed E-state index contributed by atoms with van der Waals surface area (Å²) >= 11 is 0. The average Bonchev–Trinajstić information content (AvgIpc) is 2.90. The standard InChI is InChI=1S/C29H46N4O4S/c1-4-6-12-22(3)31-21-28(34)27(17-23-13-8-7-9-14-23)32-29(35)24-18-25(30-5-2)20-26(19-24)33-15-10-11-16-38(33,36)37/h7-9,13-14,18-20,22,27-28,30-31,34,36-37H,4-6,10-12,15-17,21H2,1-3H3,(H,32,35). The third kappa shape index (κ3) is 8.88. The topological polar surface area (TPSA) is 117 Å². The maximum Gasteiger partial charge on any atom is 0.251 e. The maximum atomic E-state index is 13.6. The van der Waals surface area contributed by atoms with Crippen molar-refractivity contribution in [3.63, 3.8) is 0 Å². The third-order valence-corrected chi connectivity index (χ3v) is 8.91. The molecule has 0 spiro atoms. The fourth-order valence-corrected chi connectivity index (χ4v) is 6.45. The lowest BCUT2D eigenvalue weighted by atomic mass is 10.00. The molecule has 1 aliphatic heterocycles. The number of aliphatic hydroxyl groups is 1. The largest absolute Gasteiger partial charge is 0.390 e. The van der Waals surface area contributed by atoms with Crippen LogP contribution >= 0.6 is 10.8 Å². The summed E-state index contributed by atoms with van der Waals surface area (Å²) in [5, 5.41) is 20.9. The molecule has 2 aromatic carbocycles. The highest BCUT2D eigenvalue weighted by atomic mass is 32.3. The number of nitrogens with one attached hydrogen (secondary N) is 3. The Bertz CT molecular complexity index is 1010. The average molecular weight is 547 g/mol. The Morgan fingerprint density at radius 2 is 1.87 bits per heavy atom. The second-order valence-electron chi connectivity index (χ2n) is 10.2. The van der Waals surface area contributed by atoms with E-state index in [1.54, 1.807) is 16.4 Å². The predicted octanol–water partition coefficient (Wildman–Crippen LogP) is 5.25. The number of hydrogen-bond acceptors (Lipinski definition) is 7. The van der Waals surface area contributed by atoms with Gasteiger partial charge in [0.1, 0.15) is 0 Å². The highest BCUT2D eigenvalue weighted by Gasteiger charge is 2.28. The van der Waals surface area contributed by atoms with Crippen LogP contribution in [-0.2, 0) is 6.42 Å². The molecule has 9 heteroatoms. The molecule has 0 saturated carbocycles. The Balaban J connectivity index is 1.82. The van der Waals surface area contributed by atoms with Gasteiger partial charge in [0.25, 0.3) is 5.91 Å². The van der Waals surface area contributed by atoms with Gasteiger partial charge < -0.3 is 21.1 Å². The van der Waals surface area contributed by atoms with E-state index >= 15 is 0 Å². The van der Waals surface area contributed by atoms with E-state index in [1.807, 2.05) is 43.3 Å². The molecule has 8 nitrogen and oxygen atoms in total. The first-order valence-corrected chi connectivity index (χ1v) is 15.6. The second kappa shape index (κ2) is 14.7. The van der Waals surface area contributed by atoms with Crippen LogP contribution in [0.1, 0.15) is 68.8 Å². The number of carbonyl (C=O) groups excluding carboxylic acids is 1. The summed E-state index contributed by atoms with van der Waals surface area (Å²) in [4.78, 5) is 13.6. The van der Waals surface area contributed by atoms with E-state index in [1.165, 1.54) is 0 Å². The summed E-state index contributed by atoms with van der Waals surface area (Å²) in [7, 11) is -2.92. The first kappa shape index (κ1) is 30.2. The van der Waals surface area contributed by atoms with Crippen LogP contribution in [0.2, 0.25) is 0 Å². The molecule has 1 amide bonds. The number of amides is 1. The van der Waals surface area contributed by atoms with Crippen molar-refractivity contribution in [2.75, 3.05) is 35.0 Å². The van der Waals surface area contributed by atoms with Crippen LogP contribution in [0.15, 0.2) is 48.5 Å². The van der Waals surface area contributed by atoms with E-state index in [9.17, 15) is 19.0 Å². The molecule has 0 aromatic heterocycles. The summed E-state index contributed by atoms with van der Waals surface area (Å²) in [6.45, 7) is 7.82. The van der Waals surface area contributed by atoms with Gasteiger partial charge in [0.05, 0.1) is 23.6 Å². The molecular weight excluding hydrogens is 500 g/mol. The molecule has 2 aromatic rings. The minimum absolute atomic E-state index is 0.279. The molecule has 3 rings (SSSR count). The number of aliphatic hydroxyl groups excluding tert-OH is 1. The molecule has 38 heavy (non-hydrogen) atoms. The Morgan fingerprint density at radius 1 is 1.11 bits per heavy atom. The van der Waals surface area contributed by atoms with Crippen LogP contribution in [0.3, 0.4) is 0 Å². The van der Waals surface area contributed by atoms with Gasteiger partial charge in [-0.1, -0.05) is 50.1 Å². The second-order valence-corrected chi connectivity index (χ2v) is 12.3. The van der Waals surface area contributed by atoms with Crippen LogP contribution in [0, 0.1) is 0 Å². The number of unbranched alkanes of at least 4 members (excludes halogenated alkanes) is 1. The Labute approximate surface area is 229 Å². The lowest BCUT2D eigenvalue weighted by Crippen LogP contribution is -2.49. The summed E-state index contributed by atoms with van der Waals surface area (Å²) in [5.74, 6) is 0.0214. The van der Waals surface area contributed by atoms with E-state index < -0.39 is 22.9 Å². The normalized spacial score (nSPS) is 18.3. The van der Waals surface area contributed by atoms with Crippen molar-refractivity contribution in [3.8, 4) is 0 Å². The van der Waals surface area contributed by atoms with E-state index in [2.05, 4.69) is 29.8 Å². The Hall–Kier alpha value is -2.30. The monoisotopic (exact) mass is 546 g/mol. The first-order valence-electron chi connectivity index (χ1n) is 13.9. The highest BCUT2D eigenvalue weighted by molar-refractivity contribution is 8.25. The number of carbonyl (C=O) groups is 1. The number of benzene rings is 2. The van der Waals surface area contributed by atoms with E-state index in [0.717, 1.165) is 43.4 Å². The number of nitrogens with zero attached hydrogens (tertiary/aromatic N) is 1. The van der Waals surface area contributed by atoms with Crippen LogP contribution in [0.5, 0.6) is 0 Å². The van der Waals surface area contributed by atoms with Gasteiger partial charge in [-0.15, -0.1) is 10.8 Å². The highest BCUT2D eigenvalue weighted by Crippen LogP contribution is 2.50. The van der Waals surface area contributed by atoms with Crippen molar-refractivity contribution < 1.29 is 19.0 Å². The van der Waals surface area contributed by atoms with Gasteiger partial charge >= 0.3 is 0 Å². The maximum absolute atomic E-state index is 13.6. The van der Waals surface area contributed by atoms with Crippen molar-refractivity contribution in [3.05, 3.63) is 59.7 Å². The molecule has 0 aliphatic carbocycles. The fraction of sp³-hybridized carbons (Fsp3) is 0.552. The summed E-state index contributed by atoms with van der Waals surface area (Å²) in [6.07, 6.45) is 4.62. The zero-order chi connectivity index (χ0) is 27.5. The third-order valence-electron chi connectivity index (χ3n) is 6.98. The smallest absolute Gasteiger partial charge is 0.251 e. The molecule has 1 saturated heterocycles. The van der Waals surface area contributed by atoms with Gasteiger partial charge in [-0.2, -0.15) is 0 Å². The molecule has 0 bridgehead atoms. The van der Waals surface area contributed by atoms with Gasteiger partial charge in [0.15, 0.2) is 0 Å². The van der Waals surface area contributed by atoms with E-state index in [4.69, 9.17) is 0 Å². The van der Waals surface area contributed by atoms with E-state index in [-0.39, 0.29) is 11.9 Å². The van der Waals surface area contributed by atoms with Crippen LogP contribution in [-0.4, -0.2) is 63.7 Å². The first-order chi connectivity index (χ1) is 18.2. The summed E-state index contributed by atoms with van der Waals surface area (Å²) in [5.41, 5.74) is 2.79. The molecule has 212 valence electrons. The molecule has 1 fully saturated rings. The number of hydrogen-bond donors (Lipinski definition) is 6. The van der Waals surface area contributed by atoms with Gasteiger partial charge in [0, 0.05) is 36.9 Å². The van der Waals surface area contributed by atoms with Crippen molar-refractivity contribution in [1.29, 1.82) is 0 Å². The molecule has 0 radical (unpaired) electrons. The molecule has 1 heterocycles. The van der Waals surface area contributed by atoms with Crippen LogP contribution in [0.25, 0.3) is 0 Å². The minimum atomic E-state index is -2.92. The lowest BCUT2D eigenvalue weighted by molar-refractivity contribution is 0.0825. The van der Waals surface area contributed by atoms with Crippen LogP contribution < -0.4 is 20.3 Å². The van der Waals surface area contributed by atoms with Crippen LogP contribution in [0.4, 0.5) is 11.4 Å². The molecule has 1 aliphatic rings. The fourth-order valence-electron chi connectivity index (χ4n) is 4.78.